The molecule has 1 aliphatic rings. The highest BCUT2D eigenvalue weighted by Crippen LogP contribution is 2.24. The number of hydrogen-bond donors (Lipinski definition) is 1. The molecule has 1 amide bonds. The summed E-state index contributed by atoms with van der Waals surface area (Å²) < 4.78 is 20.2. The number of carbonyl (C=O) groups excluding carboxylic acids is 3. The van der Waals surface area contributed by atoms with Crippen LogP contribution in [0.15, 0.2) is 60.4 Å². The molecule has 1 aliphatic heterocycles. The van der Waals surface area contributed by atoms with Crippen molar-refractivity contribution in [1.82, 2.24) is 9.88 Å². The van der Waals surface area contributed by atoms with Gasteiger partial charge in [0.1, 0.15) is 12.4 Å². The molecule has 2 aromatic carbocycles. The van der Waals surface area contributed by atoms with E-state index in [0.29, 0.717) is 23.0 Å². The van der Waals surface area contributed by atoms with E-state index in [2.05, 4.69) is 5.32 Å². The molecular weight excluding hydrogens is 389 g/mol. The number of nitriles is 1. The number of halogens is 1. The number of rotatable bonds is 5. The molecule has 1 N–H and O–H groups in total. The summed E-state index contributed by atoms with van der Waals surface area (Å²) in [7, 11) is 0. The lowest BCUT2D eigenvalue weighted by Gasteiger charge is -2.06. The van der Waals surface area contributed by atoms with Gasteiger partial charge in [0, 0.05) is 24.2 Å². The number of amides is 1. The molecule has 0 saturated heterocycles. The Morgan fingerprint density at radius 2 is 1.97 bits per heavy atom. The number of cyclic esters (lactones) is 1. The van der Waals surface area contributed by atoms with Crippen LogP contribution in [-0.4, -0.2) is 28.8 Å². The summed E-state index contributed by atoms with van der Waals surface area (Å²) >= 11 is 0. The van der Waals surface area contributed by atoms with Crippen molar-refractivity contribution in [2.45, 2.75) is 6.54 Å². The number of Topliss-reactive ketones (excluding diaryl/α,β-unsaturated/α-hetero) is 1. The first kappa shape index (κ1) is 19.1. The highest BCUT2D eigenvalue weighted by atomic mass is 19.1. The van der Waals surface area contributed by atoms with Crippen molar-refractivity contribution in [3.63, 3.8) is 0 Å². The summed E-state index contributed by atoms with van der Waals surface area (Å²) in [4.78, 5) is 36.2. The van der Waals surface area contributed by atoms with Gasteiger partial charge in [-0.25, -0.2) is 9.18 Å². The van der Waals surface area contributed by atoms with Crippen molar-refractivity contribution >= 4 is 28.6 Å². The van der Waals surface area contributed by atoms with Crippen molar-refractivity contribution in [1.29, 1.82) is 5.26 Å². The number of carbonyl (C=O) groups is 3. The molecule has 7 nitrogen and oxygen atoms in total. The molecule has 0 atom stereocenters. The molecule has 148 valence electrons. The fraction of sp³-hybridized carbons (Fsp3) is 0.0909. The van der Waals surface area contributed by atoms with Crippen LogP contribution in [0, 0.1) is 17.1 Å². The summed E-state index contributed by atoms with van der Waals surface area (Å²) in [6.07, 6.45) is 2.60. The van der Waals surface area contributed by atoms with Crippen LogP contribution in [0.5, 0.6) is 0 Å². The maximum Gasteiger partial charge on any atom is 0.333 e. The standard InChI is InChI=1S/C22H14FN3O4/c23-15-5-6-17-18(21(28)22(29)25-16-8-20(27)30-12-16)11-26(19(17)7-15)10-14-3-1-13(9-24)2-4-14/h1-8,11H,10,12H2,(H,25,29). The molecule has 0 aliphatic carbocycles. The van der Waals surface area contributed by atoms with Gasteiger partial charge >= 0.3 is 5.97 Å². The van der Waals surface area contributed by atoms with Crippen molar-refractivity contribution in [2.75, 3.05) is 6.61 Å². The van der Waals surface area contributed by atoms with E-state index in [9.17, 15) is 18.8 Å². The topological polar surface area (TPSA) is 101 Å². The van der Waals surface area contributed by atoms with Crippen LogP contribution >= 0.6 is 0 Å². The number of aromatic nitrogens is 1. The first-order chi connectivity index (χ1) is 14.4. The van der Waals surface area contributed by atoms with Crippen molar-refractivity contribution in [2.24, 2.45) is 0 Å². The second-order valence-corrected chi connectivity index (χ2v) is 6.70. The fourth-order valence-corrected chi connectivity index (χ4v) is 3.23. The average Bonchev–Trinajstić information content (AvgIpc) is 3.31. The zero-order chi connectivity index (χ0) is 21.3. The number of esters is 1. The van der Waals surface area contributed by atoms with Gasteiger partial charge in [-0.05, 0) is 35.9 Å². The first-order valence-corrected chi connectivity index (χ1v) is 8.95. The van der Waals surface area contributed by atoms with Gasteiger partial charge in [0.15, 0.2) is 0 Å². The summed E-state index contributed by atoms with van der Waals surface area (Å²) in [5.41, 5.74) is 2.12. The molecule has 0 bridgehead atoms. The van der Waals surface area contributed by atoms with Gasteiger partial charge in [0.2, 0.25) is 0 Å². The lowest BCUT2D eigenvalue weighted by Crippen LogP contribution is -2.31. The zero-order valence-corrected chi connectivity index (χ0v) is 15.5. The van der Waals surface area contributed by atoms with E-state index in [0.717, 1.165) is 11.6 Å². The van der Waals surface area contributed by atoms with Gasteiger partial charge in [0.05, 0.1) is 28.4 Å². The molecule has 0 radical (unpaired) electrons. The number of hydrogen-bond acceptors (Lipinski definition) is 5. The predicted molar refractivity (Wildman–Crippen MR) is 104 cm³/mol. The molecule has 3 aromatic rings. The monoisotopic (exact) mass is 403 g/mol. The van der Waals surface area contributed by atoms with Crippen molar-refractivity contribution in [3.8, 4) is 6.07 Å². The molecule has 2 heterocycles. The summed E-state index contributed by atoms with van der Waals surface area (Å²) in [5, 5.41) is 11.7. The Morgan fingerprint density at radius 3 is 2.63 bits per heavy atom. The molecule has 0 saturated carbocycles. The lowest BCUT2D eigenvalue weighted by atomic mass is 10.1. The SMILES string of the molecule is N#Cc1ccc(Cn2cc(C(=O)C(=O)NC3=CC(=O)OC3)c3ccc(F)cc32)cc1. The molecule has 0 unspecified atom stereocenters. The number of fused-ring (bicyclic) bond motifs is 1. The number of ether oxygens (including phenoxy) is 1. The summed E-state index contributed by atoms with van der Waals surface area (Å²) in [6.45, 7) is 0.206. The van der Waals surface area contributed by atoms with E-state index in [1.165, 1.54) is 24.4 Å². The Balaban J connectivity index is 1.67. The Morgan fingerprint density at radius 1 is 1.20 bits per heavy atom. The van der Waals surface area contributed by atoms with E-state index in [1.807, 2.05) is 6.07 Å². The quantitative estimate of drug-likeness (QED) is 0.401. The second kappa shape index (κ2) is 7.64. The lowest BCUT2D eigenvalue weighted by molar-refractivity contribution is -0.135. The van der Waals surface area contributed by atoms with Crippen molar-refractivity contribution in [3.05, 3.63) is 82.9 Å². The van der Waals surface area contributed by atoms with Crippen LogP contribution < -0.4 is 5.32 Å². The van der Waals surface area contributed by atoms with Crippen LogP contribution in [0.3, 0.4) is 0 Å². The fourth-order valence-electron chi connectivity index (χ4n) is 3.23. The number of nitrogens with zero attached hydrogens (tertiary/aromatic N) is 2. The van der Waals surface area contributed by atoms with Gasteiger partial charge in [-0.15, -0.1) is 0 Å². The minimum Gasteiger partial charge on any atom is -0.456 e. The van der Waals surface area contributed by atoms with Gasteiger partial charge in [-0.2, -0.15) is 5.26 Å². The summed E-state index contributed by atoms with van der Waals surface area (Å²) in [5.74, 6) is -2.80. The Hall–Kier alpha value is -4.25. The van der Waals surface area contributed by atoms with E-state index in [-0.39, 0.29) is 17.9 Å². The van der Waals surface area contributed by atoms with E-state index in [1.54, 1.807) is 28.8 Å². The van der Waals surface area contributed by atoms with Gasteiger partial charge in [-0.3, -0.25) is 9.59 Å². The van der Waals surface area contributed by atoms with E-state index in [4.69, 9.17) is 10.00 Å². The number of ketones is 1. The maximum atomic E-state index is 13.9. The number of nitrogens with one attached hydrogen (secondary N) is 1. The second-order valence-electron chi connectivity index (χ2n) is 6.70. The minimum absolute atomic E-state index is 0.108. The zero-order valence-electron chi connectivity index (χ0n) is 15.5. The highest BCUT2D eigenvalue weighted by molar-refractivity contribution is 6.45. The van der Waals surface area contributed by atoms with Crippen molar-refractivity contribution < 1.29 is 23.5 Å². The van der Waals surface area contributed by atoms with Gasteiger partial charge in [-0.1, -0.05) is 12.1 Å². The normalized spacial score (nSPS) is 12.9. The Labute approximate surface area is 170 Å². The Bertz CT molecular complexity index is 1270. The average molecular weight is 403 g/mol. The van der Waals surface area contributed by atoms with Crippen LogP contribution in [0.25, 0.3) is 10.9 Å². The molecular formula is C22H14FN3O4. The smallest absolute Gasteiger partial charge is 0.333 e. The number of benzene rings is 2. The van der Waals surface area contributed by atoms with Gasteiger partial charge in [0.25, 0.3) is 11.7 Å². The molecule has 4 rings (SSSR count). The summed E-state index contributed by atoms with van der Waals surface area (Å²) in [6, 6.07) is 12.9. The molecule has 0 spiro atoms. The van der Waals surface area contributed by atoms with E-state index >= 15 is 0 Å². The van der Waals surface area contributed by atoms with Gasteiger partial charge < -0.3 is 14.6 Å². The van der Waals surface area contributed by atoms with E-state index < -0.39 is 23.5 Å². The van der Waals surface area contributed by atoms with Crippen LogP contribution in [0.2, 0.25) is 0 Å². The highest BCUT2D eigenvalue weighted by Gasteiger charge is 2.24. The molecule has 1 aromatic heterocycles. The van der Waals surface area contributed by atoms with Crippen LogP contribution in [0.1, 0.15) is 21.5 Å². The third-order valence-corrected chi connectivity index (χ3v) is 4.67. The molecule has 30 heavy (non-hydrogen) atoms. The Kier molecular flexibility index (Phi) is 4.86. The maximum absolute atomic E-state index is 13.9. The third-order valence-electron chi connectivity index (χ3n) is 4.67. The first-order valence-electron chi connectivity index (χ1n) is 8.95. The molecule has 8 heteroatoms. The third kappa shape index (κ3) is 3.69. The van der Waals surface area contributed by atoms with Crippen LogP contribution in [0.4, 0.5) is 4.39 Å². The minimum atomic E-state index is -0.915. The predicted octanol–water partition coefficient (Wildman–Crippen LogP) is 2.44. The molecule has 0 fully saturated rings. The largest absolute Gasteiger partial charge is 0.456 e. The van der Waals surface area contributed by atoms with Crippen LogP contribution in [-0.2, 0) is 20.9 Å².